The molecule has 8 nitrogen and oxygen atoms in total. The summed E-state index contributed by atoms with van der Waals surface area (Å²) in [6.07, 6.45) is 3.44. The molecular formula is C28H33NO7. The van der Waals surface area contributed by atoms with Crippen LogP contribution in [0.5, 0.6) is 17.2 Å². The van der Waals surface area contributed by atoms with Crippen LogP contribution in [0.15, 0.2) is 66.0 Å². The number of nitrogens with zero attached hydrogens (tertiary/aromatic N) is 1. The molecular weight excluding hydrogens is 462 g/mol. The van der Waals surface area contributed by atoms with Crippen molar-refractivity contribution in [2.75, 3.05) is 34.0 Å². The third-order valence-corrected chi connectivity index (χ3v) is 5.60. The molecule has 0 bridgehead atoms. The Morgan fingerprint density at radius 3 is 1.89 bits per heavy atom. The van der Waals surface area contributed by atoms with E-state index in [-0.39, 0.29) is 13.2 Å². The minimum atomic E-state index is -0.709. The molecule has 0 amide bonds. The SMILES string of the molecule is CCOC(=O)C1=CN(Cc2ccc(OC)cc2)C=C(C(=O)OCC)C1c1ccc(OCC)c(OC)c1. The van der Waals surface area contributed by atoms with Gasteiger partial charge in [0.25, 0.3) is 0 Å². The fraction of sp³-hybridized carbons (Fsp3) is 0.357. The number of hydrogen-bond donors (Lipinski definition) is 0. The summed E-state index contributed by atoms with van der Waals surface area (Å²) in [7, 11) is 3.15. The van der Waals surface area contributed by atoms with E-state index in [2.05, 4.69) is 0 Å². The summed E-state index contributed by atoms with van der Waals surface area (Å²) in [5, 5.41) is 0. The van der Waals surface area contributed by atoms with Crippen LogP contribution in [0.25, 0.3) is 0 Å². The van der Waals surface area contributed by atoms with Crippen LogP contribution in [-0.4, -0.2) is 50.9 Å². The first-order valence-corrected chi connectivity index (χ1v) is 11.9. The first kappa shape index (κ1) is 26.7. The van der Waals surface area contributed by atoms with E-state index < -0.39 is 17.9 Å². The molecule has 1 aliphatic heterocycles. The van der Waals surface area contributed by atoms with Gasteiger partial charge in [-0.2, -0.15) is 0 Å². The Morgan fingerprint density at radius 1 is 0.778 bits per heavy atom. The van der Waals surface area contributed by atoms with E-state index in [1.54, 1.807) is 57.5 Å². The summed E-state index contributed by atoms with van der Waals surface area (Å²) in [5.41, 5.74) is 2.29. The van der Waals surface area contributed by atoms with Crippen LogP contribution in [-0.2, 0) is 25.6 Å². The largest absolute Gasteiger partial charge is 0.497 e. The number of ether oxygens (including phenoxy) is 5. The highest BCUT2D eigenvalue weighted by Crippen LogP contribution is 2.40. The molecule has 8 heteroatoms. The number of rotatable bonds is 11. The van der Waals surface area contributed by atoms with E-state index in [4.69, 9.17) is 23.7 Å². The van der Waals surface area contributed by atoms with Crippen molar-refractivity contribution in [3.63, 3.8) is 0 Å². The maximum Gasteiger partial charge on any atom is 0.336 e. The zero-order valence-corrected chi connectivity index (χ0v) is 21.4. The molecule has 192 valence electrons. The van der Waals surface area contributed by atoms with Crippen LogP contribution in [0.4, 0.5) is 0 Å². The third kappa shape index (κ3) is 6.19. The Hall–Kier alpha value is -3.94. The number of methoxy groups -OCH3 is 2. The highest BCUT2D eigenvalue weighted by Gasteiger charge is 2.36. The molecule has 0 spiro atoms. The van der Waals surface area contributed by atoms with Gasteiger partial charge in [0.15, 0.2) is 11.5 Å². The first-order valence-electron chi connectivity index (χ1n) is 11.9. The lowest BCUT2D eigenvalue weighted by molar-refractivity contribution is -0.139. The topological polar surface area (TPSA) is 83.5 Å². The van der Waals surface area contributed by atoms with Crippen LogP contribution in [0.3, 0.4) is 0 Å². The molecule has 0 atom stereocenters. The summed E-state index contributed by atoms with van der Waals surface area (Å²) >= 11 is 0. The van der Waals surface area contributed by atoms with Gasteiger partial charge in [-0.05, 0) is 56.2 Å². The van der Waals surface area contributed by atoms with Crippen molar-refractivity contribution >= 4 is 11.9 Å². The molecule has 0 aromatic heterocycles. The van der Waals surface area contributed by atoms with Crippen LogP contribution in [0.1, 0.15) is 37.8 Å². The van der Waals surface area contributed by atoms with E-state index in [1.807, 2.05) is 37.3 Å². The standard InChI is InChI=1S/C28H33NO7/c1-6-34-24-14-11-20(15-25(24)33-5)26-22(27(30)35-7-2)17-29(18-23(26)28(31)36-8-3)16-19-9-12-21(32-4)13-10-19/h9-15,17-18,26H,6-8,16H2,1-5H3. The van der Waals surface area contributed by atoms with Gasteiger partial charge in [0, 0.05) is 18.9 Å². The Balaban J connectivity index is 2.09. The summed E-state index contributed by atoms with van der Waals surface area (Å²) in [5.74, 6) is 0.0904. The number of hydrogen-bond acceptors (Lipinski definition) is 8. The van der Waals surface area contributed by atoms with Crippen molar-refractivity contribution < 1.29 is 33.3 Å². The minimum absolute atomic E-state index is 0.201. The first-order chi connectivity index (χ1) is 17.4. The minimum Gasteiger partial charge on any atom is -0.497 e. The smallest absolute Gasteiger partial charge is 0.336 e. The van der Waals surface area contributed by atoms with Crippen molar-refractivity contribution in [3.05, 3.63) is 77.1 Å². The molecule has 2 aromatic rings. The van der Waals surface area contributed by atoms with E-state index in [0.717, 1.165) is 11.3 Å². The van der Waals surface area contributed by atoms with Crippen LogP contribution < -0.4 is 14.2 Å². The Labute approximate surface area is 212 Å². The van der Waals surface area contributed by atoms with Gasteiger partial charge >= 0.3 is 11.9 Å². The summed E-state index contributed by atoms with van der Waals surface area (Å²) < 4.78 is 27.2. The molecule has 0 N–H and O–H groups in total. The number of benzene rings is 2. The lowest BCUT2D eigenvalue weighted by Crippen LogP contribution is -2.29. The van der Waals surface area contributed by atoms with Gasteiger partial charge in [-0.3, -0.25) is 0 Å². The van der Waals surface area contributed by atoms with Crippen molar-refractivity contribution in [2.24, 2.45) is 0 Å². The predicted octanol–water partition coefficient (Wildman–Crippen LogP) is 4.60. The molecule has 36 heavy (non-hydrogen) atoms. The lowest BCUT2D eigenvalue weighted by Gasteiger charge is -2.30. The van der Waals surface area contributed by atoms with Gasteiger partial charge in [0.1, 0.15) is 5.75 Å². The molecule has 1 heterocycles. The monoisotopic (exact) mass is 495 g/mol. The molecule has 0 radical (unpaired) electrons. The van der Waals surface area contributed by atoms with Crippen LogP contribution >= 0.6 is 0 Å². The number of esters is 2. The second-order valence-electron chi connectivity index (χ2n) is 7.91. The Bertz CT molecular complexity index is 1090. The van der Waals surface area contributed by atoms with Crippen molar-refractivity contribution in [1.29, 1.82) is 0 Å². The molecule has 0 aliphatic carbocycles. The predicted molar refractivity (Wildman–Crippen MR) is 135 cm³/mol. The van der Waals surface area contributed by atoms with Crippen molar-refractivity contribution in [1.82, 2.24) is 4.90 Å². The van der Waals surface area contributed by atoms with E-state index in [9.17, 15) is 9.59 Å². The zero-order valence-electron chi connectivity index (χ0n) is 21.4. The van der Waals surface area contributed by atoms with Crippen molar-refractivity contribution in [3.8, 4) is 17.2 Å². The second-order valence-corrected chi connectivity index (χ2v) is 7.91. The molecule has 0 saturated heterocycles. The van der Waals surface area contributed by atoms with Crippen LogP contribution in [0, 0.1) is 0 Å². The van der Waals surface area contributed by atoms with Gasteiger partial charge in [0.05, 0.1) is 51.1 Å². The van der Waals surface area contributed by atoms with Gasteiger partial charge in [-0.25, -0.2) is 9.59 Å². The van der Waals surface area contributed by atoms with Gasteiger partial charge < -0.3 is 28.6 Å². The Kier molecular flexibility index (Phi) is 9.39. The molecule has 0 fully saturated rings. The average Bonchev–Trinajstić information content (AvgIpc) is 2.89. The van der Waals surface area contributed by atoms with Gasteiger partial charge in [-0.1, -0.05) is 18.2 Å². The van der Waals surface area contributed by atoms with Crippen LogP contribution in [0.2, 0.25) is 0 Å². The normalized spacial score (nSPS) is 13.4. The molecule has 0 saturated carbocycles. The van der Waals surface area contributed by atoms with E-state index in [0.29, 0.717) is 41.4 Å². The fourth-order valence-corrected chi connectivity index (χ4v) is 4.01. The maximum atomic E-state index is 13.1. The fourth-order valence-electron chi connectivity index (χ4n) is 4.01. The highest BCUT2D eigenvalue weighted by atomic mass is 16.5. The van der Waals surface area contributed by atoms with Gasteiger partial charge in [-0.15, -0.1) is 0 Å². The average molecular weight is 496 g/mol. The second kappa shape index (κ2) is 12.7. The molecule has 3 rings (SSSR count). The highest BCUT2D eigenvalue weighted by molar-refractivity contribution is 5.98. The molecule has 1 aliphatic rings. The summed E-state index contributed by atoms with van der Waals surface area (Å²) in [6.45, 7) is 6.67. The van der Waals surface area contributed by atoms with Gasteiger partial charge in [0.2, 0.25) is 0 Å². The number of carbonyl (C=O) groups is 2. The Morgan fingerprint density at radius 2 is 1.39 bits per heavy atom. The summed E-state index contributed by atoms with van der Waals surface area (Å²) in [4.78, 5) is 28.1. The van der Waals surface area contributed by atoms with E-state index >= 15 is 0 Å². The maximum absolute atomic E-state index is 13.1. The third-order valence-electron chi connectivity index (χ3n) is 5.60. The molecule has 0 unspecified atom stereocenters. The number of carbonyl (C=O) groups excluding carboxylic acids is 2. The van der Waals surface area contributed by atoms with Crippen molar-refractivity contribution in [2.45, 2.75) is 33.2 Å². The summed E-state index contributed by atoms with van der Waals surface area (Å²) in [6, 6.07) is 12.9. The van der Waals surface area contributed by atoms with E-state index in [1.165, 1.54) is 0 Å². The lowest BCUT2D eigenvalue weighted by atomic mass is 9.83. The zero-order chi connectivity index (χ0) is 26.1. The molecule has 2 aromatic carbocycles. The quantitative estimate of drug-likeness (QED) is 0.419.